The second-order valence-electron chi connectivity index (χ2n) is 5.74. The number of benzene rings is 2. The third kappa shape index (κ3) is 1.99. The first kappa shape index (κ1) is 12.9. The highest BCUT2D eigenvalue weighted by Crippen LogP contribution is 2.40. The Hall–Kier alpha value is -2.16. The van der Waals surface area contributed by atoms with Gasteiger partial charge in [-0.05, 0) is 35.4 Å². The molecule has 3 rings (SSSR count). The Morgan fingerprint density at radius 1 is 1.15 bits per heavy atom. The van der Waals surface area contributed by atoms with Crippen molar-refractivity contribution in [1.29, 1.82) is 0 Å². The van der Waals surface area contributed by atoms with Crippen LogP contribution in [0, 0.1) is 5.82 Å². The lowest BCUT2D eigenvalue weighted by Crippen LogP contribution is -2.18. The average Bonchev–Trinajstić information content (AvgIpc) is 2.75. The molecule has 0 amide bonds. The summed E-state index contributed by atoms with van der Waals surface area (Å²) >= 11 is 0. The molecule has 1 heterocycles. The molecule has 3 heteroatoms. The zero-order valence-electron chi connectivity index (χ0n) is 11.4. The molecule has 20 heavy (non-hydrogen) atoms. The zero-order valence-corrected chi connectivity index (χ0v) is 11.4. The fourth-order valence-corrected chi connectivity index (χ4v) is 2.51. The van der Waals surface area contributed by atoms with Gasteiger partial charge in [0.2, 0.25) is 0 Å². The molecule has 2 aromatic rings. The van der Waals surface area contributed by atoms with Crippen LogP contribution >= 0.6 is 0 Å². The highest BCUT2D eigenvalue weighted by Gasteiger charge is 2.31. The van der Waals surface area contributed by atoms with Gasteiger partial charge in [-0.2, -0.15) is 0 Å². The molecule has 2 aromatic carbocycles. The molecule has 0 saturated heterocycles. The van der Waals surface area contributed by atoms with E-state index >= 15 is 0 Å². The number of ether oxygens (including phenoxy) is 1. The van der Waals surface area contributed by atoms with E-state index in [1.807, 2.05) is 12.1 Å². The summed E-state index contributed by atoms with van der Waals surface area (Å²) in [6.45, 7) is 4.92. The molecule has 0 atom stereocenters. The van der Waals surface area contributed by atoms with Crippen LogP contribution in [0.15, 0.2) is 36.4 Å². The molecule has 0 spiro atoms. The highest BCUT2D eigenvalue weighted by atomic mass is 19.1. The Kier molecular flexibility index (Phi) is 2.85. The molecule has 1 aliphatic rings. The Bertz CT molecular complexity index is 689. The van der Waals surface area contributed by atoms with Gasteiger partial charge in [0, 0.05) is 11.0 Å². The van der Waals surface area contributed by atoms with Gasteiger partial charge < -0.3 is 4.74 Å². The van der Waals surface area contributed by atoms with Crippen molar-refractivity contribution in [1.82, 2.24) is 0 Å². The second-order valence-corrected chi connectivity index (χ2v) is 5.74. The quantitative estimate of drug-likeness (QED) is 0.772. The monoisotopic (exact) mass is 270 g/mol. The van der Waals surface area contributed by atoms with Crippen molar-refractivity contribution in [3.05, 3.63) is 53.3 Å². The number of aldehydes is 1. The normalized spacial score (nSPS) is 15.6. The first-order valence-electron chi connectivity index (χ1n) is 6.54. The van der Waals surface area contributed by atoms with Gasteiger partial charge >= 0.3 is 0 Å². The molecule has 0 fully saturated rings. The van der Waals surface area contributed by atoms with Crippen molar-refractivity contribution in [2.75, 3.05) is 6.61 Å². The van der Waals surface area contributed by atoms with Gasteiger partial charge in [0.15, 0.2) is 6.29 Å². The minimum absolute atomic E-state index is 0.0289. The van der Waals surface area contributed by atoms with E-state index in [0.29, 0.717) is 12.9 Å². The lowest BCUT2D eigenvalue weighted by Gasteiger charge is -2.16. The van der Waals surface area contributed by atoms with Crippen LogP contribution in [0.2, 0.25) is 0 Å². The third-order valence-corrected chi connectivity index (χ3v) is 3.75. The maximum atomic E-state index is 13.4. The zero-order chi connectivity index (χ0) is 14.3. The van der Waals surface area contributed by atoms with Gasteiger partial charge in [0.1, 0.15) is 11.6 Å². The minimum Gasteiger partial charge on any atom is -0.492 e. The molecular weight excluding hydrogens is 255 g/mol. The summed E-state index contributed by atoms with van der Waals surface area (Å²) in [5.41, 5.74) is 2.99. The van der Waals surface area contributed by atoms with Gasteiger partial charge in [0.05, 0.1) is 12.2 Å². The summed E-state index contributed by atoms with van der Waals surface area (Å²) < 4.78 is 19.0. The van der Waals surface area contributed by atoms with Crippen LogP contribution in [0.4, 0.5) is 4.39 Å². The fraction of sp³-hybridized carbons (Fsp3) is 0.235. The van der Waals surface area contributed by atoms with Crippen LogP contribution in [-0.2, 0) is 5.41 Å². The number of hydrogen-bond acceptors (Lipinski definition) is 2. The van der Waals surface area contributed by atoms with Gasteiger partial charge in [-0.15, -0.1) is 0 Å². The Morgan fingerprint density at radius 3 is 2.60 bits per heavy atom. The fourth-order valence-electron chi connectivity index (χ4n) is 2.51. The molecule has 1 aliphatic heterocycles. The van der Waals surface area contributed by atoms with Crippen LogP contribution in [-0.4, -0.2) is 12.9 Å². The topological polar surface area (TPSA) is 26.3 Å². The van der Waals surface area contributed by atoms with E-state index in [1.54, 1.807) is 12.1 Å². The second kappa shape index (κ2) is 4.44. The van der Waals surface area contributed by atoms with Crippen molar-refractivity contribution in [3.8, 4) is 16.9 Å². The predicted octanol–water partition coefficient (Wildman–Crippen LogP) is 3.98. The smallest absolute Gasteiger partial charge is 0.153 e. The molecule has 102 valence electrons. The van der Waals surface area contributed by atoms with Gasteiger partial charge in [-0.1, -0.05) is 26.0 Å². The summed E-state index contributed by atoms with van der Waals surface area (Å²) in [6, 6.07) is 10.5. The summed E-state index contributed by atoms with van der Waals surface area (Å²) in [5, 5.41) is 0. The lowest BCUT2D eigenvalue weighted by molar-refractivity contribution is 0.112. The van der Waals surface area contributed by atoms with E-state index in [2.05, 4.69) is 19.9 Å². The maximum absolute atomic E-state index is 13.4. The number of hydrogen-bond donors (Lipinski definition) is 0. The van der Waals surface area contributed by atoms with E-state index in [9.17, 15) is 9.18 Å². The van der Waals surface area contributed by atoms with Crippen LogP contribution in [0.25, 0.3) is 11.1 Å². The van der Waals surface area contributed by atoms with Crippen LogP contribution in [0.5, 0.6) is 5.75 Å². The van der Waals surface area contributed by atoms with E-state index in [-0.39, 0.29) is 11.0 Å². The Balaban J connectivity index is 2.10. The van der Waals surface area contributed by atoms with E-state index < -0.39 is 5.82 Å². The molecular formula is C17H15FO2. The van der Waals surface area contributed by atoms with Crippen molar-refractivity contribution in [2.24, 2.45) is 0 Å². The average molecular weight is 270 g/mol. The first-order chi connectivity index (χ1) is 9.51. The maximum Gasteiger partial charge on any atom is 0.153 e. The molecule has 0 unspecified atom stereocenters. The molecule has 0 aliphatic carbocycles. The molecule has 0 saturated carbocycles. The lowest BCUT2D eigenvalue weighted by atomic mass is 9.85. The van der Waals surface area contributed by atoms with E-state index in [1.165, 1.54) is 6.07 Å². The van der Waals surface area contributed by atoms with Crippen LogP contribution < -0.4 is 4.74 Å². The third-order valence-electron chi connectivity index (χ3n) is 3.75. The largest absolute Gasteiger partial charge is 0.492 e. The SMILES string of the molecule is CC1(C)COc2ccc(-c3ccc(F)c(C=O)c3)cc21. The summed E-state index contributed by atoms with van der Waals surface area (Å²) in [7, 11) is 0. The number of rotatable bonds is 2. The number of fused-ring (bicyclic) bond motifs is 1. The highest BCUT2D eigenvalue weighted by molar-refractivity contribution is 5.79. The van der Waals surface area contributed by atoms with Crippen LogP contribution in [0.1, 0.15) is 29.8 Å². The Labute approximate surface area is 117 Å². The van der Waals surface area contributed by atoms with Crippen molar-refractivity contribution in [3.63, 3.8) is 0 Å². The van der Waals surface area contributed by atoms with Gasteiger partial charge in [0.25, 0.3) is 0 Å². The van der Waals surface area contributed by atoms with Crippen LogP contribution in [0.3, 0.4) is 0 Å². The molecule has 2 nitrogen and oxygen atoms in total. The summed E-state index contributed by atoms with van der Waals surface area (Å²) in [5.74, 6) is 0.407. The number of carbonyl (C=O) groups excluding carboxylic acids is 1. The van der Waals surface area contributed by atoms with E-state index in [0.717, 1.165) is 22.4 Å². The van der Waals surface area contributed by atoms with Gasteiger partial charge in [-0.25, -0.2) is 4.39 Å². The number of carbonyl (C=O) groups is 1. The number of halogens is 1. The van der Waals surface area contributed by atoms with Gasteiger partial charge in [-0.3, -0.25) is 4.79 Å². The summed E-state index contributed by atoms with van der Waals surface area (Å²) in [6.07, 6.45) is 0.541. The van der Waals surface area contributed by atoms with E-state index in [4.69, 9.17) is 4.74 Å². The summed E-state index contributed by atoms with van der Waals surface area (Å²) in [4.78, 5) is 10.8. The molecule has 0 bridgehead atoms. The van der Waals surface area contributed by atoms with Crippen molar-refractivity contribution in [2.45, 2.75) is 19.3 Å². The standard InChI is InChI=1S/C17H15FO2/c1-17(2)10-20-16-6-4-12(8-14(16)17)11-3-5-15(18)13(7-11)9-19/h3-9H,10H2,1-2H3. The minimum atomic E-state index is -0.492. The Morgan fingerprint density at radius 2 is 1.85 bits per heavy atom. The molecule has 0 aromatic heterocycles. The van der Waals surface area contributed by atoms with Crippen molar-refractivity contribution < 1.29 is 13.9 Å². The predicted molar refractivity (Wildman–Crippen MR) is 75.7 cm³/mol. The molecule has 0 radical (unpaired) electrons. The molecule has 0 N–H and O–H groups in total. The first-order valence-corrected chi connectivity index (χ1v) is 6.54. The van der Waals surface area contributed by atoms with Crippen molar-refractivity contribution >= 4 is 6.29 Å².